The summed E-state index contributed by atoms with van der Waals surface area (Å²) in [6, 6.07) is 3.78. The number of piperazine rings is 1. The van der Waals surface area contributed by atoms with Crippen molar-refractivity contribution in [2.24, 2.45) is 0 Å². The molecule has 0 saturated carbocycles. The van der Waals surface area contributed by atoms with Crippen LogP contribution in [0, 0.1) is 0 Å². The Labute approximate surface area is 107 Å². The highest BCUT2D eigenvalue weighted by molar-refractivity contribution is 7.88. The lowest BCUT2D eigenvalue weighted by molar-refractivity contribution is 0.387. The SMILES string of the molecule is CS(=O)(=O)N1CCN(c2ccc(S)cn2)CC1. The largest absolute Gasteiger partial charge is 0.354 e. The quantitative estimate of drug-likeness (QED) is 0.795. The summed E-state index contributed by atoms with van der Waals surface area (Å²) < 4.78 is 24.2. The van der Waals surface area contributed by atoms with Gasteiger partial charge in [0.15, 0.2) is 0 Å². The summed E-state index contributed by atoms with van der Waals surface area (Å²) in [5.41, 5.74) is 0. The average molecular weight is 273 g/mol. The second-order valence-corrected chi connectivity index (χ2v) is 6.52. The molecule has 0 spiro atoms. The molecule has 7 heteroatoms. The Hall–Kier alpha value is -0.790. The first kappa shape index (κ1) is 12.7. The van der Waals surface area contributed by atoms with Gasteiger partial charge in [-0.05, 0) is 12.1 Å². The summed E-state index contributed by atoms with van der Waals surface area (Å²) in [4.78, 5) is 7.17. The molecule has 1 aliphatic heterocycles. The molecule has 0 N–H and O–H groups in total. The van der Waals surface area contributed by atoms with Gasteiger partial charge in [0.25, 0.3) is 0 Å². The van der Waals surface area contributed by atoms with Crippen LogP contribution in [-0.2, 0) is 10.0 Å². The molecule has 2 rings (SSSR count). The Morgan fingerprint density at radius 1 is 1.24 bits per heavy atom. The van der Waals surface area contributed by atoms with Gasteiger partial charge < -0.3 is 4.90 Å². The van der Waals surface area contributed by atoms with E-state index >= 15 is 0 Å². The molecular formula is C10H15N3O2S2. The van der Waals surface area contributed by atoms with Crippen LogP contribution in [0.1, 0.15) is 0 Å². The van der Waals surface area contributed by atoms with Gasteiger partial charge in [0, 0.05) is 37.3 Å². The maximum atomic E-state index is 11.4. The normalized spacial score (nSPS) is 18.4. The van der Waals surface area contributed by atoms with E-state index in [2.05, 4.69) is 22.5 Å². The summed E-state index contributed by atoms with van der Waals surface area (Å²) in [6.07, 6.45) is 2.94. The van der Waals surface area contributed by atoms with Crippen molar-refractivity contribution in [3.8, 4) is 0 Å². The predicted octanol–water partition coefficient (Wildman–Crippen LogP) is 0.452. The number of sulfonamides is 1. The summed E-state index contributed by atoms with van der Waals surface area (Å²) in [7, 11) is -3.06. The van der Waals surface area contributed by atoms with Crippen LogP contribution >= 0.6 is 12.6 Å². The standard InChI is InChI=1S/C10H15N3O2S2/c1-17(14,15)13-6-4-12(5-7-13)10-3-2-9(16)8-11-10/h2-3,8,16H,4-7H2,1H3. The van der Waals surface area contributed by atoms with Crippen molar-refractivity contribution in [2.75, 3.05) is 37.3 Å². The molecule has 1 aromatic heterocycles. The van der Waals surface area contributed by atoms with Gasteiger partial charge in [-0.15, -0.1) is 12.6 Å². The highest BCUT2D eigenvalue weighted by Gasteiger charge is 2.23. The third-order valence-corrected chi connectivity index (χ3v) is 4.33. The molecule has 1 fully saturated rings. The smallest absolute Gasteiger partial charge is 0.211 e. The molecule has 0 unspecified atom stereocenters. The van der Waals surface area contributed by atoms with Crippen LogP contribution in [0.5, 0.6) is 0 Å². The second kappa shape index (κ2) is 4.83. The van der Waals surface area contributed by atoms with E-state index in [9.17, 15) is 8.42 Å². The van der Waals surface area contributed by atoms with E-state index in [0.717, 1.165) is 10.7 Å². The molecule has 1 aliphatic rings. The first-order valence-corrected chi connectivity index (χ1v) is 7.61. The van der Waals surface area contributed by atoms with E-state index in [-0.39, 0.29) is 0 Å². The Bertz CT molecular complexity index is 479. The highest BCUT2D eigenvalue weighted by Crippen LogP contribution is 2.16. The van der Waals surface area contributed by atoms with Crippen LogP contribution < -0.4 is 4.90 Å². The maximum Gasteiger partial charge on any atom is 0.211 e. The Morgan fingerprint density at radius 3 is 2.35 bits per heavy atom. The van der Waals surface area contributed by atoms with E-state index in [0.29, 0.717) is 26.2 Å². The Balaban J connectivity index is 2.02. The molecule has 0 radical (unpaired) electrons. The minimum absolute atomic E-state index is 0.517. The Morgan fingerprint density at radius 2 is 1.88 bits per heavy atom. The van der Waals surface area contributed by atoms with Crippen LogP contribution in [0.3, 0.4) is 0 Å². The zero-order chi connectivity index (χ0) is 12.5. The first-order chi connectivity index (χ1) is 7.97. The van der Waals surface area contributed by atoms with Crippen LogP contribution in [-0.4, -0.2) is 50.1 Å². The molecule has 17 heavy (non-hydrogen) atoms. The highest BCUT2D eigenvalue weighted by atomic mass is 32.2. The van der Waals surface area contributed by atoms with Crippen molar-refractivity contribution in [3.63, 3.8) is 0 Å². The molecule has 1 saturated heterocycles. The minimum Gasteiger partial charge on any atom is -0.354 e. The van der Waals surface area contributed by atoms with Gasteiger partial charge in [0.2, 0.25) is 10.0 Å². The molecular weight excluding hydrogens is 258 g/mol. The summed E-state index contributed by atoms with van der Waals surface area (Å²) in [6.45, 7) is 2.38. The van der Waals surface area contributed by atoms with Crippen molar-refractivity contribution in [1.82, 2.24) is 9.29 Å². The fraction of sp³-hybridized carbons (Fsp3) is 0.500. The lowest BCUT2D eigenvalue weighted by Gasteiger charge is -2.33. The molecule has 2 heterocycles. The topological polar surface area (TPSA) is 53.5 Å². The molecule has 1 aromatic rings. The number of aromatic nitrogens is 1. The van der Waals surface area contributed by atoms with Gasteiger partial charge in [0.1, 0.15) is 5.82 Å². The third-order valence-electron chi connectivity index (χ3n) is 2.76. The minimum atomic E-state index is -3.06. The van der Waals surface area contributed by atoms with Crippen LogP contribution in [0.15, 0.2) is 23.2 Å². The molecule has 5 nitrogen and oxygen atoms in total. The van der Waals surface area contributed by atoms with Gasteiger partial charge in [0.05, 0.1) is 6.26 Å². The van der Waals surface area contributed by atoms with E-state index in [1.807, 2.05) is 12.1 Å². The second-order valence-electron chi connectivity index (χ2n) is 4.02. The van der Waals surface area contributed by atoms with Crippen molar-refractivity contribution in [2.45, 2.75) is 4.90 Å². The molecule has 0 atom stereocenters. The van der Waals surface area contributed by atoms with Crippen molar-refractivity contribution in [3.05, 3.63) is 18.3 Å². The number of nitrogens with zero attached hydrogens (tertiary/aromatic N) is 3. The third kappa shape index (κ3) is 3.11. The lowest BCUT2D eigenvalue weighted by Crippen LogP contribution is -2.48. The van der Waals surface area contributed by atoms with Crippen molar-refractivity contribution in [1.29, 1.82) is 0 Å². The predicted molar refractivity (Wildman–Crippen MR) is 70.1 cm³/mol. The van der Waals surface area contributed by atoms with Crippen molar-refractivity contribution >= 4 is 28.5 Å². The fourth-order valence-electron chi connectivity index (χ4n) is 1.81. The zero-order valence-electron chi connectivity index (χ0n) is 9.57. The number of thiol groups is 1. The van der Waals surface area contributed by atoms with E-state index < -0.39 is 10.0 Å². The number of rotatable bonds is 2. The van der Waals surface area contributed by atoms with Gasteiger partial charge in [-0.2, -0.15) is 4.31 Å². The van der Waals surface area contributed by atoms with Gasteiger partial charge in [-0.25, -0.2) is 13.4 Å². The lowest BCUT2D eigenvalue weighted by atomic mass is 10.3. The van der Waals surface area contributed by atoms with Gasteiger partial charge in [-0.1, -0.05) is 0 Å². The van der Waals surface area contributed by atoms with Gasteiger partial charge >= 0.3 is 0 Å². The number of pyridine rings is 1. The van der Waals surface area contributed by atoms with E-state index in [4.69, 9.17) is 0 Å². The number of hydrogen-bond donors (Lipinski definition) is 1. The molecule has 0 aliphatic carbocycles. The average Bonchev–Trinajstić information content (AvgIpc) is 2.29. The first-order valence-electron chi connectivity index (χ1n) is 5.32. The maximum absolute atomic E-state index is 11.4. The summed E-state index contributed by atoms with van der Waals surface area (Å²) >= 11 is 4.18. The molecule has 94 valence electrons. The van der Waals surface area contributed by atoms with E-state index in [1.165, 1.54) is 10.6 Å². The van der Waals surface area contributed by atoms with Crippen molar-refractivity contribution < 1.29 is 8.42 Å². The number of hydrogen-bond acceptors (Lipinski definition) is 5. The molecule has 0 amide bonds. The van der Waals surface area contributed by atoms with Crippen LogP contribution in [0.25, 0.3) is 0 Å². The zero-order valence-corrected chi connectivity index (χ0v) is 11.3. The van der Waals surface area contributed by atoms with Gasteiger partial charge in [-0.3, -0.25) is 0 Å². The van der Waals surface area contributed by atoms with Crippen LogP contribution in [0.2, 0.25) is 0 Å². The summed E-state index contributed by atoms with van der Waals surface area (Å²) in [5.74, 6) is 0.871. The fourth-order valence-corrected chi connectivity index (χ4v) is 2.77. The molecule has 0 aromatic carbocycles. The van der Waals surface area contributed by atoms with Crippen LogP contribution in [0.4, 0.5) is 5.82 Å². The molecule has 0 bridgehead atoms. The number of anilines is 1. The monoisotopic (exact) mass is 273 g/mol. The Kier molecular flexibility index (Phi) is 3.60. The summed E-state index contributed by atoms with van der Waals surface area (Å²) in [5, 5.41) is 0. The van der Waals surface area contributed by atoms with E-state index in [1.54, 1.807) is 6.20 Å².